The molecule has 1 unspecified atom stereocenters. The molecule has 0 aliphatic carbocycles. The summed E-state index contributed by atoms with van der Waals surface area (Å²) < 4.78 is 32.4. The molecular weight excluding hydrogens is 412 g/mol. The molecule has 1 aliphatic heterocycles. The van der Waals surface area contributed by atoms with Gasteiger partial charge in [-0.3, -0.25) is 9.59 Å². The third-order valence-electron chi connectivity index (χ3n) is 4.29. The van der Waals surface area contributed by atoms with E-state index < -0.39 is 33.5 Å². The lowest BCUT2D eigenvalue weighted by Crippen LogP contribution is -2.40. The Morgan fingerprint density at radius 1 is 1.33 bits per heavy atom. The van der Waals surface area contributed by atoms with E-state index in [0.29, 0.717) is 17.9 Å². The van der Waals surface area contributed by atoms with E-state index in [0.717, 1.165) is 13.5 Å². The molecule has 2 rings (SSSR count). The normalized spacial score (nSPS) is 20.7. The van der Waals surface area contributed by atoms with Crippen molar-refractivity contribution in [3.05, 3.63) is 29.3 Å². The van der Waals surface area contributed by atoms with Crippen LogP contribution in [0, 0.1) is 0 Å². The van der Waals surface area contributed by atoms with Crippen LogP contribution in [0.4, 0.5) is 0 Å². The van der Waals surface area contributed by atoms with Crippen molar-refractivity contribution >= 4 is 45.4 Å². The fraction of sp³-hybridized carbons (Fsp3) is 0.529. The molecule has 0 aromatic heterocycles. The topological polar surface area (TPSA) is 84.0 Å². The SMILES string of the molecule is CCC[C@H]1C(=O)N(C(CCC(=O)OC)Sc2ccc(Cl)cc2)S(=O)(=O)N1C. The smallest absolute Gasteiger partial charge is 0.307 e. The van der Waals surface area contributed by atoms with Gasteiger partial charge in [0.2, 0.25) is 0 Å². The minimum atomic E-state index is -3.95. The number of benzene rings is 1. The quantitative estimate of drug-likeness (QED) is 0.462. The number of halogens is 1. The summed E-state index contributed by atoms with van der Waals surface area (Å²) in [5.41, 5.74) is 0. The predicted octanol–water partition coefficient (Wildman–Crippen LogP) is 2.90. The molecule has 1 saturated heterocycles. The Labute approximate surface area is 169 Å². The Hall–Kier alpha value is -1.29. The highest BCUT2D eigenvalue weighted by atomic mass is 35.5. The van der Waals surface area contributed by atoms with Gasteiger partial charge in [-0.1, -0.05) is 36.7 Å². The lowest BCUT2D eigenvalue weighted by Gasteiger charge is -2.26. The molecule has 1 aromatic rings. The third kappa shape index (κ3) is 4.96. The highest BCUT2D eigenvalue weighted by molar-refractivity contribution is 8.00. The van der Waals surface area contributed by atoms with Crippen molar-refractivity contribution < 1.29 is 22.7 Å². The number of hydrogen-bond donors (Lipinski definition) is 0. The molecule has 0 radical (unpaired) electrons. The lowest BCUT2D eigenvalue weighted by molar-refractivity contribution is -0.141. The second-order valence-corrected chi connectivity index (χ2v) is 9.66. The van der Waals surface area contributed by atoms with Gasteiger partial charge in [0, 0.05) is 23.4 Å². The van der Waals surface area contributed by atoms with Crippen LogP contribution in [-0.4, -0.2) is 54.5 Å². The van der Waals surface area contributed by atoms with Crippen LogP contribution in [-0.2, 0) is 24.5 Å². The van der Waals surface area contributed by atoms with Gasteiger partial charge in [-0.15, -0.1) is 0 Å². The van der Waals surface area contributed by atoms with Crippen molar-refractivity contribution in [1.82, 2.24) is 8.61 Å². The van der Waals surface area contributed by atoms with Gasteiger partial charge < -0.3 is 4.74 Å². The minimum Gasteiger partial charge on any atom is -0.469 e. The zero-order valence-corrected chi connectivity index (χ0v) is 17.8. The summed E-state index contributed by atoms with van der Waals surface area (Å²) in [6.45, 7) is 1.90. The van der Waals surface area contributed by atoms with Crippen molar-refractivity contribution in [3.63, 3.8) is 0 Å². The molecule has 150 valence electrons. The van der Waals surface area contributed by atoms with Crippen LogP contribution in [0.2, 0.25) is 5.02 Å². The number of hydrogen-bond acceptors (Lipinski definition) is 6. The molecule has 7 nitrogen and oxygen atoms in total. The molecule has 0 spiro atoms. The predicted molar refractivity (Wildman–Crippen MR) is 105 cm³/mol. The number of nitrogens with zero attached hydrogens (tertiary/aromatic N) is 2. The zero-order valence-electron chi connectivity index (χ0n) is 15.4. The Bertz CT molecular complexity index is 785. The van der Waals surface area contributed by atoms with E-state index in [2.05, 4.69) is 4.74 Å². The summed E-state index contributed by atoms with van der Waals surface area (Å²) in [5.74, 6) is -0.921. The highest BCUT2D eigenvalue weighted by Gasteiger charge is 2.50. The first-order chi connectivity index (χ1) is 12.7. The molecule has 27 heavy (non-hydrogen) atoms. The van der Waals surface area contributed by atoms with Gasteiger partial charge in [-0.2, -0.15) is 12.7 Å². The van der Waals surface area contributed by atoms with E-state index >= 15 is 0 Å². The molecule has 1 heterocycles. The number of carbonyl (C=O) groups excluding carboxylic acids is 2. The van der Waals surface area contributed by atoms with Crippen LogP contribution in [0.1, 0.15) is 32.6 Å². The standard InChI is InChI=1S/C17H23ClN2O5S2/c1-4-5-14-17(22)20(27(23,24)19(14)2)15(10-11-16(21)25-3)26-13-8-6-12(18)7-9-13/h6-9,14-15H,4-5,10-11H2,1-3H3/t14-,15?/m0/s1. The lowest BCUT2D eigenvalue weighted by atomic mass is 10.1. The first-order valence-electron chi connectivity index (χ1n) is 8.52. The van der Waals surface area contributed by atoms with Crippen molar-refractivity contribution in [3.8, 4) is 0 Å². The summed E-state index contributed by atoms with van der Waals surface area (Å²) in [6.07, 6.45) is 1.28. The number of carbonyl (C=O) groups is 2. The summed E-state index contributed by atoms with van der Waals surface area (Å²) >= 11 is 7.11. The van der Waals surface area contributed by atoms with Crippen LogP contribution in [0.15, 0.2) is 29.2 Å². The Kier molecular flexibility index (Phi) is 7.55. The van der Waals surface area contributed by atoms with E-state index in [1.165, 1.54) is 25.9 Å². The largest absolute Gasteiger partial charge is 0.469 e. The Morgan fingerprint density at radius 3 is 2.52 bits per heavy atom. The van der Waals surface area contributed by atoms with E-state index in [1.54, 1.807) is 24.3 Å². The van der Waals surface area contributed by atoms with Gasteiger partial charge in [-0.05, 0) is 37.1 Å². The summed E-state index contributed by atoms with van der Waals surface area (Å²) in [4.78, 5) is 25.2. The monoisotopic (exact) mass is 434 g/mol. The van der Waals surface area contributed by atoms with Gasteiger partial charge in [0.15, 0.2) is 0 Å². The maximum atomic E-state index is 12.9. The molecule has 2 atom stereocenters. The van der Waals surface area contributed by atoms with E-state index in [9.17, 15) is 18.0 Å². The fourth-order valence-electron chi connectivity index (χ4n) is 2.82. The van der Waals surface area contributed by atoms with Crippen molar-refractivity contribution in [2.24, 2.45) is 0 Å². The molecule has 0 N–H and O–H groups in total. The number of rotatable bonds is 8. The maximum Gasteiger partial charge on any atom is 0.307 e. The number of thioether (sulfide) groups is 1. The van der Waals surface area contributed by atoms with E-state index in [1.807, 2.05) is 6.92 Å². The number of methoxy groups -OCH3 is 1. The second-order valence-electron chi connectivity index (χ2n) is 6.10. The maximum absolute atomic E-state index is 12.9. The molecule has 1 aliphatic rings. The van der Waals surface area contributed by atoms with Crippen LogP contribution in [0.5, 0.6) is 0 Å². The summed E-state index contributed by atoms with van der Waals surface area (Å²) in [7, 11) is -1.27. The van der Waals surface area contributed by atoms with Crippen molar-refractivity contribution in [1.29, 1.82) is 0 Å². The molecule has 1 fully saturated rings. The van der Waals surface area contributed by atoms with Crippen LogP contribution in [0.3, 0.4) is 0 Å². The number of likely N-dealkylation sites (N-methyl/N-ethyl adjacent to an activating group) is 1. The summed E-state index contributed by atoms with van der Waals surface area (Å²) in [6, 6.07) is 6.16. The van der Waals surface area contributed by atoms with Gasteiger partial charge >= 0.3 is 16.2 Å². The third-order valence-corrected chi connectivity index (χ3v) is 7.85. The van der Waals surface area contributed by atoms with Gasteiger partial charge in [0.1, 0.15) is 6.04 Å². The van der Waals surface area contributed by atoms with Crippen LogP contribution < -0.4 is 0 Å². The highest BCUT2D eigenvalue weighted by Crippen LogP contribution is 2.36. The van der Waals surface area contributed by atoms with Gasteiger partial charge in [0.05, 0.1) is 12.5 Å². The first kappa shape index (κ1) is 22.0. The van der Waals surface area contributed by atoms with Crippen molar-refractivity contribution in [2.75, 3.05) is 14.2 Å². The minimum absolute atomic E-state index is 0.00319. The molecule has 0 saturated carbocycles. The number of amides is 1. The van der Waals surface area contributed by atoms with Crippen LogP contribution in [0.25, 0.3) is 0 Å². The second kappa shape index (κ2) is 9.27. The van der Waals surface area contributed by atoms with Crippen LogP contribution >= 0.6 is 23.4 Å². The number of ether oxygens (including phenoxy) is 1. The zero-order chi connectivity index (χ0) is 20.2. The Balaban J connectivity index is 2.34. The average molecular weight is 435 g/mol. The fourth-order valence-corrected chi connectivity index (χ4v) is 5.99. The Morgan fingerprint density at radius 2 is 1.96 bits per heavy atom. The first-order valence-corrected chi connectivity index (χ1v) is 11.2. The van der Waals surface area contributed by atoms with E-state index in [4.69, 9.17) is 11.6 Å². The summed E-state index contributed by atoms with van der Waals surface area (Å²) in [5, 5.41) is -0.204. The van der Waals surface area contributed by atoms with Crippen molar-refractivity contribution in [2.45, 2.75) is 48.9 Å². The molecule has 10 heteroatoms. The molecular formula is C17H23ClN2O5S2. The molecule has 1 aromatic carbocycles. The average Bonchev–Trinajstić information content (AvgIpc) is 2.80. The van der Waals surface area contributed by atoms with Gasteiger partial charge in [0.25, 0.3) is 5.91 Å². The van der Waals surface area contributed by atoms with E-state index in [-0.39, 0.29) is 12.8 Å². The molecule has 0 bridgehead atoms. The van der Waals surface area contributed by atoms with Gasteiger partial charge in [-0.25, -0.2) is 4.31 Å². The number of esters is 1. The molecule has 1 amide bonds.